The van der Waals surface area contributed by atoms with Crippen LogP contribution >= 0.6 is 34.5 Å². The molecule has 0 spiro atoms. The highest BCUT2D eigenvalue weighted by molar-refractivity contribution is 7.21. The van der Waals surface area contributed by atoms with Gasteiger partial charge in [-0.05, 0) is 25.0 Å². The van der Waals surface area contributed by atoms with Crippen LogP contribution in [0.2, 0.25) is 10.0 Å². The molecule has 26 heavy (non-hydrogen) atoms. The first-order valence-electron chi connectivity index (χ1n) is 8.06. The lowest BCUT2D eigenvalue weighted by molar-refractivity contribution is 0.100. The number of nitrogens with two attached hydrogens (primary N) is 2. The smallest absolute Gasteiger partial charge is 0.260 e. The Balaban J connectivity index is 2.00. The molecule has 9 heteroatoms. The molecule has 6 nitrogen and oxygen atoms in total. The molecule has 1 aliphatic heterocycles. The number of hydrogen-bond donors (Lipinski definition) is 2. The van der Waals surface area contributed by atoms with Crippen LogP contribution in [0.3, 0.4) is 0 Å². The van der Waals surface area contributed by atoms with E-state index in [1.54, 1.807) is 12.1 Å². The predicted octanol–water partition coefficient (Wildman–Crippen LogP) is 3.95. The maximum Gasteiger partial charge on any atom is 0.260 e. The number of thiophene rings is 1. The number of carbonyl (C=O) groups is 1. The molecule has 0 radical (unpaired) electrons. The molecule has 2 aromatic heterocycles. The minimum Gasteiger partial charge on any atom is -0.397 e. The first-order chi connectivity index (χ1) is 12.5. The van der Waals surface area contributed by atoms with Crippen molar-refractivity contribution in [1.29, 1.82) is 0 Å². The summed E-state index contributed by atoms with van der Waals surface area (Å²) in [6, 6.07) is 5.27. The Morgan fingerprint density at radius 1 is 1.15 bits per heavy atom. The lowest BCUT2D eigenvalue weighted by Gasteiger charge is -2.16. The lowest BCUT2D eigenvalue weighted by atomic mass is 10.1. The number of rotatable bonds is 3. The third kappa shape index (κ3) is 2.86. The number of fused-ring (bicyclic) bond motifs is 1. The van der Waals surface area contributed by atoms with E-state index in [4.69, 9.17) is 39.7 Å². The Morgan fingerprint density at radius 2 is 1.88 bits per heavy atom. The summed E-state index contributed by atoms with van der Waals surface area (Å²) < 4.78 is 0. The lowest BCUT2D eigenvalue weighted by Crippen LogP contribution is -2.20. The second kappa shape index (κ2) is 6.57. The Hall–Kier alpha value is -2.09. The van der Waals surface area contributed by atoms with Gasteiger partial charge in [-0.3, -0.25) is 4.79 Å². The van der Waals surface area contributed by atoms with Gasteiger partial charge in [0.25, 0.3) is 5.91 Å². The highest BCUT2D eigenvalue weighted by atomic mass is 35.5. The number of aromatic nitrogens is 2. The monoisotopic (exact) mass is 407 g/mol. The van der Waals surface area contributed by atoms with Gasteiger partial charge in [-0.1, -0.05) is 29.3 Å². The molecular formula is C17H15Cl2N5OS. The summed E-state index contributed by atoms with van der Waals surface area (Å²) in [6.07, 6.45) is 2.20. The molecule has 3 heterocycles. The van der Waals surface area contributed by atoms with E-state index in [-0.39, 0.29) is 4.88 Å². The standard InChI is InChI=1S/C17H15Cl2N5OS/c18-9-4-3-8(7-10(9)19)13-11-12(20)14(15(21)25)26-16(11)23-17(22-13)24-5-1-2-6-24/h3-4,7H,1-2,5-6,20H2,(H2,21,25). The van der Waals surface area contributed by atoms with Crippen molar-refractivity contribution in [3.8, 4) is 11.3 Å². The number of primary amides is 1. The Kier molecular flexibility index (Phi) is 4.38. The third-order valence-corrected chi connectivity index (χ3v) is 6.24. The van der Waals surface area contributed by atoms with E-state index >= 15 is 0 Å². The fraction of sp³-hybridized carbons (Fsp3) is 0.235. The first kappa shape index (κ1) is 17.3. The number of nitrogens with zero attached hydrogens (tertiary/aromatic N) is 3. The second-order valence-corrected chi connectivity index (χ2v) is 7.90. The van der Waals surface area contributed by atoms with E-state index in [1.165, 1.54) is 11.3 Å². The van der Waals surface area contributed by atoms with E-state index in [0.29, 0.717) is 37.6 Å². The van der Waals surface area contributed by atoms with Gasteiger partial charge in [0, 0.05) is 18.7 Å². The molecule has 0 aliphatic carbocycles. The Morgan fingerprint density at radius 3 is 2.54 bits per heavy atom. The number of benzene rings is 1. The van der Waals surface area contributed by atoms with Crippen LogP contribution < -0.4 is 16.4 Å². The van der Waals surface area contributed by atoms with Crippen molar-refractivity contribution >= 4 is 62.3 Å². The summed E-state index contributed by atoms with van der Waals surface area (Å²) in [5.41, 5.74) is 13.3. The SMILES string of the molecule is NC(=O)c1sc2nc(N3CCCC3)nc(-c3ccc(Cl)c(Cl)c3)c2c1N. The molecule has 0 saturated carbocycles. The largest absolute Gasteiger partial charge is 0.397 e. The number of anilines is 2. The normalized spacial score (nSPS) is 14.3. The summed E-state index contributed by atoms with van der Waals surface area (Å²) in [5.74, 6) is 0.0432. The Labute approximate surface area is 163 Å². The molecule has 0 atom stereocenters. The van der Waals surface area contributed by atoms with Crippen molar-refractivity contribution in [1.82, 2.24) is 9.97 Å². The van der Waals surface area contributed by atoms with Gasteiger partial charge in [-0.25, -0.2) is 9.97 Å². The van der Waals surface area contributed by atoms with E-state index in [2.05, 4.69) is 9.88 Å². The highest BCUT2D eigenvalue weighted by Gasteiger charge is 2.24. The zero-order chi connectivity index (χ0) is 18.4. The molecule has 1 amide bonds. The first-order valence-corrected chi connectivity index (χ1v) is 9.63. The van der Waals surface area contributed by atoms with E-state index < -0.39 is 5.91 Å². The van der Waals surface area contributed by atoms with Crippen molar-refractivity contribution in [2.24, 2.45) is 5.73 Å². The van der Waals surface area contributed by atoms with Crippen molar-refractivity contribution in [3.05, 3.63) is 33.1 Å². The van der Waals surface area contributed by atoms with Crippen molar-refractivity contribution < 1.29 is 4.79 Å². The van der Waals surface area contributed by atoms with Crippen LogP contribution in [0.15, 0.2) is 18.2 Å². The zero-order valence-electron chi connectivity index (χ0n) is 13.6. The molecular weight excluding hydrogens is 393 g/mol. The Bertz CT molecular complexity index is 1030. The number of halogens is 2. The van der Waals surface area contributed by atoms with Crippen LogP contribution in [0.1, 0.15) is 22.5 Å². The van der Waals surface area contributed by atoms with Crippen molar-refractivity contribution in [2.75, 3.05) is 23.7 Å². The fourth-order valence-corrected chi connectivity index (χ4v) is 4.34. The van der Waals surface area contributed by atoms with Crippen LogP contribution in [0.25, 0.3) is 21.5 Å². The quantitative estimate of drug-likeness (QED) is 0.684. The van der Waals surface area contributed by atoms with E-state index in [9.17, 15) is 4.79 Å². The van der Waals surface area contributed by atoms with Gasteiger partial charge in [0.2, 0.25) is 5.95 Å². The van der Waals surface area contributed by atoms with E-state index in [1.807, 2.05) is 6.07 Å². The van der Waals surface area contributed by atoms with Gasteiger partial charge in [0.1, 0.15) is 9.71 Å². The number of nitrogen functional groups attached to an aromatic ring is 1. The van der Waals surface area contributed by atoms with Gasteiger partial charge in [-0.2, -0.15) is 0 Å². The predicted molar refractivity (Wildman–Crippen MR) is 107 cm³/mol. The highest BCUT2D eigenvalue weighted by Crippen LogP contribution is 2.40. The van der Waals surface area contributed by atoms with Crippen LogP contribution in [-0.4, -0.2) is 29.0 Å². The summed E-state index contributed by atoms with van der Waals surface area (Å²) >= 11 is 13.4. The van der Waals surface area contributed by atoms with Crippen molar-refractivity contribution in [3.63, 3.8) is 0 Å². The van der Waals surface area contributed by atoms with Gasteiger partial charge in [-0.15, -0.1) is 11.3 Å². The molecule has 1 aliphatic rings. The van der Waals surface area contributed by atoms with E-state index in [0.717, 1.165) is 31.5 Å². The number of amides is 1. The minimum atomic E-state index is -0.576. The van der Waals surface area contributed by atoms with Crippen LogP contribution in [0.4, 0.5) is 11.6 Å². The van der Waals surface area contributed by atoms with Gasteiger partial charge >= 0.3 is 0 Å². The summed E-state index contributed by atoms with van der Waals surface area (Å²) in [4.78, 5) is 24.2. The van der Waals surface area contributed by atoms with Gasteiger partial charge in [0.05, 0.1) is 26.8 Å². The van der Waals surface area contributed by atoms with Crippen LogP contribution in [0, 0.1) is 0 Å². The molecule has 3 aromatic rings. The second-order valence-electron chi connectivity index (χ2n) is 6.08. The summed E-state index contributed by atoms with van der Waals surface area (Å²) in [7, 11) is 0. The third-order valence-electron chi connectivity index (χ3n) is 4.38. The molecule has 134 valence electrons. The molecule has 4 rings (SSSR count). The van der Waals surface area contributed by atoms with Gasteiger partial charge in [0.15, 0.2) is 0 Å². The average Bonchev–Trinajstić information content (AvgIpc) is 3.25. The molecule has 1 saturated heterocycles. The molecule has 4 N–H and O–H groups in total. The van der Waals surface area contributed by atoms with Crippen LogP contribution in [0.5, 0.6) is 0 Å². The zero-order valence-corrected chi connectivity index (χ0v) is 16.0. The topological polar surface area (TPSA) is 98.1 Å². The summed E-state index contributed by atoms with van der Waals surface area (Å²) in [6.45, 7) is 1.80. The van der Waals surface area contributed by atoms with Crippen molar-refractivity contribution in [2.45, 2.75) is 12.8 Å². The molecule has 0 unspecified atom stereocenters. The summed E-state index contributed by atoms with van der Waals surface area (Å²) in [5, 5.41) is 1.49. The fourth-order valence-electron chi connectivity index (χ4n) is 3.10. The average molecular weight is 408 g/mol. The minimum absolute atomic E-state index is 0.286. The maximum absolute atomic E-state index is 11.7. The number of hydrogen-bond acceptors (Lipinski definition) is 6. The maximum atomic E-state index is 11.7. The molecule has 1 fully saturated rings. The van der Waals surface area contributed by atoms with Gasteiger partial charge < -0.3 is 16.4 Å². The molecule has 1 aromatic carbocycles. The molecule has 0 bridgehead atoms. The number of carbonyl (C=O) groups excluding carboxylic acids is 1. The van der Waals surface area contributed by atoms with Crippen LogP contribution in [-0.2, 0) is 0 Å².